The van der Waals surface area contributed by atoms with Crippen LogP contribution in [0.1, 0.15) is 31.8 Å². The van der Waals surface area contributed by atoms with Gasteiger partial charge < -0.3 is 10.2 Å². The Labute approximate surface area is 181 Å². The molecule has 3 aromatic carbocycles. The monoisotopic (exact) mass is 428 g/mol. The standard InChI is InChI=1S/C22H16N6O4/c23-27-25-11-17-9-15(21(29)30)5-7-19(17)13-1-2-14(4-3-13)20-8-6-16(22(31)32)10-18(20)12-26-28-24/h1-10H,11-12H2,(H,29,30)(H,31,32). The first-order chi connectivity index (χ1) is 15.4. The fourth-order valence-electron chi connectivity index (χ4n) is 3.32. The molecule has 2 N–H and O–H groups in total. The van der Waals surface area contributed by atoms with Crippen LogP contribution in [0.4, 0.5) is 0 Å². The predicted octanol–water partition coefficient (Wildman–Crippen LogP) is 6.04. The third-order valence-corrected chi connectivity index (χ3v) is 4.82. The minimum Gasteiger partial charge on any atom is -0.478 e. The number of benzene rings is 3. The second-order valence-electron chi connectivity index (χ2n) is 6.71. The fraction of sp³-hybridized carbons (Fsp3) is 0.0909. The van der Waals surface area contributed by atoms with Crippen molar-refractivity contribution >= 4 is 11.9 Å². The molecule has 3 rings (SSSR count). The lowest BCUT2D eigenvalue weighted by Crippen LogP contribution is -1.99. The summed E-state index contributed by atoms with van der Waals surface area (Å²) < 4.78 is 0. The molecule has 0 unspecified atom stereocenters. The molecule has 0 spiro atoms. The Morgan fingerprint density at radius 1 is 0.688 bits per heavy atom. The summed E-state index contributed by atoms with van der Waals surface area (Å²) in [5.74, 6) is -2.15. The molecule has 3 aromatic rings. The number of carboxylic acids is 2. The van der Waals surface area contributed by atoms with E-state index in [2.05, 4.69) is 20.1 Å². The quantitative estimate of drug-likeness (QED) is 0.253. The molecule has 10 heteroatoms. The van der Waals surface area contributed by atoms with E-state index < -0.39 is 11.9 Å². The zero-order valence-electron chi connectivity index (χ0n) is 16.6. The van der Waals surface area contributed by atoms with Crippen LogP contribution in [0.3, 0.4) is 0 Å². The molecule has 0 aliphatic rings. The summed E-state index contributed by atoms with van der Waals surface area (Å²) in [6, 6.07) is 16.5. The van der Waals surface area contributed by atoms with Gasteiger partial charge in [-0.15, -0.1) is 0 Å². The van der Waals surface area contributed by atoms with Crippen LogP contribution in [-0.2, 0) is 13.1 Å². The van der Waals surface area contributed by atoms with Gasteiger partial charge in [-0.3, -0.25) is 0 Å². The van der Waals surface area contributed by atoms with Gasteiger partial charge in [-0.25, -0.2) is 9.59 Å². The lowest BCUT2D eigenvalue weighted by molar-refractivity contribution is 0.0686. The van der Waals surface area contributed by atoms with Crippen molar-refractivity contribution in [1.82, 2.24) is 0 Å². The smallest absolute Gasteiger partial charge is 0.335 e. The maximum Gasteiger partial charge on any atom is 0.335 e. The third kappa shape index (κ3) is 4.85. The number of carboxylic acid groups (broad SMARTS) is 2. The molecule has 32 heavy (non-hydrogen) atoms. The van der Waals surface area contributed by atoms with Gasteiger partial charge in [0.2, 0.25) is 0 Å². The maximum atomic E-state index is 11.3. The van der Waals surface area contributed by atoms with Crippen LogP contribution in [0.5, 0.6) is 0 Å². The Hall–Kier alpha value is -4.78. The van der Waals surface area contributed by atoms with E-state index >= 15 is 0 Å². The second-order valence-corrected chi connectivity index (χ2v) is 6.71. The molecule has 0 heterocycles. The van der Waals surface area contributed by atoms with Crippen LogP contribution in [0.15, 0.2) is 70.9 Å². The number of rotatable bonds is 8. The molecule has 0 saturated carbocycles. The first-order valence-corrected chi connectivity index (χ1v) is 9.29. The largest absolute Gasteiger partial charge is 0.478 e. The Bertz CT molecular complexity index is 1190. The van der Waals surface area contributed by atoms with Crippen LogP contribution in [0.25, 0.3) is 43.1 Å². The van der Waals surface area contributed by atoms with Gasteiger partial charge in [0.05, 0.1) is 24.2 Å². The van der Waals surface area contributed by atoms with Crippen molar-refractivity contribution in [3.8, 4) is 22.3 Å². The van der Waals surface area contributed by atoms with Gasteiger partial charge in [-0.1, -0.05) is 46.6 Å². The molecule has 0 amide bonds. The normalized spacial score (nSPS) is 10.0. The molecule has 0 aliphatic heterocycles. The predicted molar refractivity (Wildman–Crippen MR) is 117 cm³/mol. The highest BCUT2D eigenvalue weighted by Gasteiger charge is 2.12. The molecule has 0 saturated heterocycles. The van der Waals surface area contributed by atoms with Crippen molar-refractivity contribution in [3.05, 3.63) is 104 Å². The van der Waals surface area contributed by atoms with E-state index in [-0.39, 0.29) is 24.2 Å². The van der Waals surface area contributed by atoms with Crippen molar-refractivity contribution in [3.63, 3.8) is 0 Å². The zero-order valence-corrected chi connectivity index (χ0v) is 16.6. The van der Waals surface area contributed by atoms with E-state index in [1.165, 1.54) is 24.3 Å². The van der Waals surface area contributed by atoms with E-state index in [4.69, 9.17) is 11.1 Å². The van der Waals surface area contributed by atoms with Crippen molar-refractivity contribution in [2.75, 3.05) is 0 Å². The maximum absolute atomic E-state index is 11.3. The SMILES string of the molecule is [N-]=[N+]=NCc1cc(C(=O)O)ccc1-c1ccc(-c2ccc(C(=O)O)cc2CN=[N+]=[N-])cc1. The molecular formula is C22H16N6O4. The van der Waals surface area contributed by atoms with Crippen molar-refractivity contribution < 1.29 is 19.8 Å². The third-order valence-electron chi connectivity index (χ3n) is 4.82. The van der Waals surface area contributed by atoms with Crippen LogP contribution in [0, 0.1) is 0 Å². The van der Waals surface area contributed by atoms with Gasteiger partial charge >= 0.3 is 11.9 Å². The van der Waals surface area contributed by atoms with Gasteiger partial charge in [0.15, 0.2) is 0 Å². The molecule has 0 aromatic heterocycles. The number of carbonyl (C=O) groups is 2. The summed E-state index contributed by atoms with van der Waals surface area (Å²) in [6.07, 6.45) is 0. The summed E-state index contributed by atoms with van der Waals surface area (Å²) >= 11 is 0. The molecular weight excluding hydrogens is 412 g/mol. The number of hydrogen-bond acceptors (Lipinski definition) is 4. The summed E-state index contributed by atoms with van der Waals surface area (Å²) in [7, 11) is 0. The van der Waals surface area contributed by atoms with Gasteiger partial charge in [-0.05, 0) is 68.7 Å². The van der Waals surface area contributed by atoms with E-state index in [0.29, 0.717) is 11.1 Å². The summed E-state index contributed by atoms with van der Waals surface area (Å²) in [4.78, 5) is 28.1. The molecule has 10 nitrogen and oxygen atoms in total. The van der Waals surface area contributed by atoms with Crippen LogP contribution >= 0.6 is 0 Å². The Balaban J connectivity index is 2.03. The van der Waals surface area contributed by atoms with Gasteiger partial charge in [0, 0.05) is 9.82 Å². The van der Waals surface area contributed by atoms with Gasteiger partial charge in [0.1, 0.15) is 0 Å². The highest BCUT2D eigenvalue weighted by atomic mass is 16.4. The minimum absolute atomic E-state index is 0.00165. The lowest BCUT2D eigenvalue weighted by Gasteiger charge is -2.12. The minimum atomic E-state index is -1.08. The van der Waals surface area contributed by atoms with Gasteiger partial charge in [-0.2, -0.15) is 0 Å². The number of azide groups is 2. The molecule has 0 aliphatic carbocycles. The van der Waals surface area contributed by atoms with E-state index in [0.717, 1.165) is 22.3 Å². The second kappa shape index (κ2) is 9.82. The lowest BCUT2D eigenvalue weighted by atomic mass is 9.93. The van der Waals surface area contributed by atoms with E-state index in [1.54, 1.807) is 12.1 Å². The van der Waals surface area contributed by atoms with Crippen LogP contribution in [-0.4, -0.2) is 22.2 Å². The Morgan fingerprint density at radius 2 is 1.06 bits per heavy atom. The highest BCUT2D eigenvalue weighted by molar-refractivity contribution is 5.90. The topological polar surface area (TPSA) is 172 Å². The summed E-state index contributed by atoms with van der Waals surface area (Å²) in [6.45, 7) is 0.00331. The van der Waals surface area contributed by atoms with E-state index in [9.17, 15) is 19.8 Å². The van der Waals surface area contributed by atoms with Crippen molar-refractivity contribution in [2.45, 2.75) is 13.1 Å². The number of nitrogens with zero attached hydrogens (tertiary/aromatic N) is 6. The Kier molecular flexibility index (Phi) is 6.72. The molecule has 0 radical (unpaired) electrons. The molecule has 0 fully saturated rings. The van der Waals surface area contributed by atoms with Crippen LogP contribution < -0.4 is 0 Å². The summed E-state index contributed by atoms with van der Waals surface area (Å²) in [5.41, 5.74) is 21.6. The average molecular weight is 428 g/mol. The Morgan fingerprint density at radius 3 is 1.38 bits per heavy atom. The zero-order chi connectivity index (χ0) is 23.1. The average Bonchev–Trinajstić information content (AvgIpc) is 2.81. The molecule has 158 valence electrons. The first-order valence-electron chi connectivity index (χ1n) is 9.29. The van der Waals surface area contributed by atoms with Crippen LogP contribution in [0.2, 0.25) is 0 Å². The van der Waals surface area contributed by atoms with Crippen molar-refractivity contribution in [1.29, 1.82) is 0 Å². The molecule has 0 bridgehead atoms. The fourth-order valence-corrected chi connectivity index (χ4v) is 3.32. The number of aromatic carboxylic acids is 2. The number of hydrogen-bond donors (Lipinski definition) is 2. The first kappa shape index (κ1) is 21.9. The van der Waals surface area contributed by atoms with Gasteiger partial charge in [0.25, 0.3) is 0 Å². The summed E-state index contributed by atoms with van der Waals surface area (Å²) in [5, 5.41) is 25.6. The highest BCUT2D eigenvalue weighted by Crippen LogP contribution is 2.31. The van der Waals surface area contributed by atoms with E-state index in [1.807, 2.05) is 24.3 Å². The molecule has 0 atom stereocenters. The van der Waals surface area contributed by atoms with Crippen molar-refractivity contribution in [2.24, 2.45) is 10.2 Å².